The lowest BCUT2D eigenvalue weighted by atomic mass is 9.97. The summed E-state index contributed by atoms with van der Waals surface area (Å²) >= 11 is 6.49. The number of piperidine rings is 1. The summed E-state index contributed by atoms with van der Waals surface area (Å²) in [7, 11) is -3.92. The average molecular weight is 468 g/mol. The van der Waals surface area contributed by atoms with Crippen molar-refractivity contribution in [1.29, 1.82) is 0 Å². The van der Waals surface area contributed by atoms with E-state index in [1.54, 1.807) is 17.9 Å². The van der Waals surface area contributed by atoms with Crippen molar-refractivity contribution in [2.75, 3.05) is 31.1 Å². The van der Waals surface area contributed by atoms with Crippen molar-refractivity contribution in [3.05, 3.63) is 22.7 Å². The van der Waals surface area contributed by atoms with E-state index in [1.165, 1.54) is 6.07 Å². The van der Waals surface area contributed by atoms with Crippen LogP contribution in [0.1, 0.15) is 55.8 Å². The maximum Gasteiger partial charge on any atom is 0.310 e. The molecule has 3 heterocycles. The largest absolute Gasteiger partial charge is 0.466 e. The monoisotopic (exact) mass is 467 g/mol. The molecular weight excluding hydrogens is 442 g/mol. The number of amidine groups is 1. The number of sulfonamides is 1. The number of hydrogen-bond acceptors (Lipinski definition) is 6. The lowest BCUT2D eigenvalue weighted by molar-refractivity contribution is -0.149. The molecule has 0 radical (unpaired) electrons. The predicted molar refractivity (Wildman–Crippen MR) is 117 cm³/mol. The molecule has 1 aromatic rings. The van der Waals surface area contributed by atoms with Crippen molar-refractivity contribution in [2.24, 2.45) is 10.3 Å². The van der Waals surface area contributed by atoms with Gasteiger partial charge in [0.1, 0.15) is 10.7 Å². The third-order valence-electron chi connectivity index (χ3n) is 6.00. The topological polar surface area (TPSA) is 96.3 Å². The molecule has 1 amide bonds. The van der Waals surface area contributed by atoms with Crippen molar-refractivity contribution < 1.29 is 22.7 Å². The molecule has 0 spiro atoms. The molecule has 0 N–H and O–H groups in total. The Bertz CT molecular complexity index is 1040. The van der Waals surface area contributed by atoms with Crippen LogP contribution < -0.4 is 4.90 Å². The Balaban J connectivity index is 1.66. The number of carbonyl (C=O) groups excluding carboxylic acids is 2. The van der Waals surface area contributed by atoms with Crippen LogP contribution in [-0.4, -0.2) is 57.3 Å². The molecule has 10 heteroatoms. The van der Waals surface area contributed by atoms with E-state index in [4.69, 9.17) is 16.3 Å². The fraction of sp³-hybridized carbons (Fsp3) is 0.571. The second-order valence-electron chi connectivity index (χ2n) is 8.09. The van der Waals surface area contributed by atoms with Crippen LogP contribution in [0.5, 0.6) is 0 Å². The van der Waals surface area contributed by atoms with E-state index in [0.29, 0.717) is 43.9 Å². The second-order valence-corrected chi connectivity index (χ2v) is 10.1. The quantitative estimate of drug-likeness (QED) is 0.633. The SMILES string of the molecule is CCOC(=O)C1CCCN(C(=O)c2cc3c(cc2Cl)N2CCCCCC2=NS3(=O)=O)C1. The highest BCUT2D eigenvalue weighted by Crippen LogP contribution is 2.38. The maximum absolute atomic E-state index is 13.2. The molecule has 1 atom stereocenters. The van der Waals surface area contributed by atoms with Gasteiger partial charge in [-0.25, -0.2) is 0 Å². The van der Waals surface area contributed by atoms with Crippen molar-refractivity contribution in [3.8, 4) is 0 Å². The summed E-state index contributed by atoms with van der Waals surface area (Å²) in [6.07, 6.45) is 4.74. The number of fused-ring (bicyclic) bond motifs is 3. The number of halogens is 1. The van der Waals surface area contributed by atoms with Gasteiger partial charge in [-0.1, -0.05) is 18.0 Å². The van der Waals surface area contributed by atoms with Crippen LogP contribution in [-0.2, 0) is 19.6 Å². The smallest absolute Gasteiger partial charge is 0.310 e. The zero-order chi connectivity index (χ0) is 22.2. The first-order valence-corrected chi connectivity index (χ1v) is 12.5. The number of ether oxygens (including phenoxy) is 1. The molecule has 168 valence electrons. The lowest BCUT2D eigenvalue weighted by Gasteiger charge is -2.33. The van der Waals surface area contributed by atoms with E-state index in [0.717, 1.165) is 19.3 Å². The minimum Gasteiger partial charge on any atom is -0.466 e. The zero-order valence-corrected chi connectivity index (χ0v) is 19.0. The number of rotatable bonds is 3. The summed E-state index contributed by atoms with van der Waals surface area (Å²) in [6, 6.07) is 2.91. The summed E-state index contributed by atoms with van der Waals surface area (Å²) < 4.78 is 34.9. The third kappa shape index (κ3) is 4.30. The molecule has 0 bridgehead atoms. The summed E-state index contributed by atoms with van der Waals surface area (Å²) in [6.45, 7) is 3.40. The van der Waals surface area contributed by atoms with Crippen LogP contribution in [0.2, 0.25) is 5.02 Å². The predicted octanol–water partition coefficient (Wildman–Crippen LogP) is 3.24. The Morgan fingerprint density at radius 3 is 2.77 bits per heavy atom. The van der Waals surface area contributed by atoms with Crippen molar-refractivity contribution in [1.82, 2.24) is 4.90 Å². The highest BCUT2D eigenvalue weighted by atomic mass is 35.5. The molecular formula is C21H26ClN3O5S. The van der Waals surface area contributed by atoms with Gasteiger partial charge in [-0.3, -0.25) is 9.59 Å². The standard InChI is InChI=1S/C21H26ClN3O5S/c1-2-30-21(27)14-7-6-9-24(13-14)20(26)15-11-18-17(12-16(15)22)25-10-5-3-4-8-19(25)23-31(18,28)29/h11-12,14H,2-10,13H2,1H3. The van der Waals surface area contributed by atoms with Crippen LogP contribution in [0.25, 0.3) is 0 Å². The Labute approximate surface area is 187 Å². The Hall–Kier alpha value is -2.13. The minimum absolute atomic E-state index is 0.00449. The van der Waals surface area contributed by atoms with Gasteiger partial charge in [-0.05, 0) is 44.7 Å². The molecule has 0 aliphatic carbocycles. The summed E-state index contributed by atoms with van der Waals surface area (Å²) in [5, 5.41) is 0.197. The number of amides is 1. The van der Waals surface area contributed by atoms with Crippen molar-refractivity contribution in [3.63, 3.8) is 0 Å². The number of carbonyl (C=O) groups is 2. The number of hydrogen-bond donors (Lipinski definition) is 0. The average Bonchev–Trinajstić information content (AvgIpc) is 2.98. The van der Waals surface area contributed by atoms with Gasteiger partial charge < -0.3 is 14.5 Å². The van der Waals surface area contributed by atoms with Gasteiger partial charge in [0.2, 0.25) is 0 Å². The van der Waals surface area contributed by atoms with Gasteiger partial charge in [-0.15, -0.1) is 4.40 Å². The first kappa shape index (κ1) is 22.1. The van der Waals surface area contributed by atoms with Gasteiger partial charge in [0.15, 0.2) is 0 Å². The van der Waals surface area contributed by atoms with Crippen LogP contribution in [0.3, 0.4) is 0 Å². The molecule has 3 aliphatic rings. The Kier molecular flexibility index (Phi) is 6.25. The number of likely N-dealkylation sites (tertiary alicyclic amines) is 1. The summed E-state index contributed by atoms with van der Waals surface area (Å²) in [4.78, 5) is 28.8. The van der Waals surface area contributed by atoms with Gasteiger partial charge >= 0.3 is 5.97 Å². The van der Waals surface area contributed by atoms with E-state index in [1.807, 2.05) is 4.90 Å². The highest BCUT2D eigenvalue weighted by Gasteiger charge is 2.35. The first-order valence-electron chi connectivity index (χ1n) is 10.7. The van der Waals surface area contributed by atoms with E-state index < -0.39 is 10.0 Å². The lowest BCUT2D eigenvalue weighted by Crippen LogP contribution is -2.43. The van der Waals surface area contributed by atoms with Crippen molar-refractivity contribution >= 4 is 45.0 Å². The second kappa shape index (κ2) is 8.78. The molecule has 8 nitrogen and oxygen atoms in total. The van der Waals surface area contributed by atoms with E-state index in [9.17, 15) is 18.0 Å². The Morgan fingerprint density at radius 1 is 1.19 bits per heavy atom. The molecule has 2 saturated heterocycles. The molecule has 2 fully saturated rings. The molecule has 1 unspecified atom stereocenters. The fourth-order valence-electron chi connectivity index (χ4n) is 4.44. The molecule has 0 saturated carbocycles. The zero-order valence-electron chi connectivity index (χ0n) is 17.5. The van der Waals surface area contributed by atoms with Gasteiger partial charge in [0.25, 0.3) is 15.9 Å². The van der Waals surface area contributed by atoms with E-state index in [-0.39, 0.29) is 46.4 Å². The van der Waals surface area contributed by atoms with Gasteiger partial charge in [0.05, 0.1) is 28.8 Å². The van der Waals surface area contributed by atoms with Crippen molar-refractivity contribution in [2.45, 2.75) is 50.3 Å². The van der Waals surface area contributed by atoms with Crippen LogP contribution in [0.15, 0.2) is 21.4 Å². The molecule has 3 aliphatic heterocycles. The first-order chi connectivity index (χ1) is 14.8. The molecule has 0 aromatic heterocycles. The van der Waals surface area contributed by atoms with Gasteiger partial charge in [0, 0.05) is 26.1 Å². The fourth-order valence-corrected chi connectivity index (χ4v) is 5.95. The molecule has 31 heavy (non-hydrogen) atoms. The number of benzene rings is 1. The summed E-state index contributed by atoms with van der Waals surface area (Å²) in [5.41, 5.74) is 0.596. The molecule has 1 aromatic carbocycles. The molecule has 4 rings (SSSR count). The van der Waals surface area contributed by atoms with E-state index >= 15 is 0 Å². The maximum atomic E-state index is 13.2. The highest BCUT2D eigenvalue weighted by molar-refractivity contribution is 7.90. The number of anilines is 1. The Morgan fingerprint density at radius 2 is 2.00 bits per heavy atom. The summed E-state index contributed by atoms with van der Waals surface area (Å²) in [5.74, 6) is -0.555. The minimum atomic E-state index is -3.92. The van der Waals surface area contributed by atoms with Crippen LogP contribution in [0.4, 0.5) is 5.69 Å². The van der Waals surface area contributed by atoms with Crippen LogP contribution >= 0.6 is 11.6 Å². The van der Waals surface area contributed by atoms with Gasteiger partial charge in [-0.2, -0.15) is 8.42 Å². The number of esters is 1. The van der Waals surface area contributed by atoms with E-state index in [2.05, 4.69) is 4.40 Å². The normalized spacial score (nSPS) is 22.6. The number of nitrogens with zero attached hydrogens (tertiary/aromatic N) is 3. The third-order valence-corrected chi connectivity index (χ3v) is 7.64. The van der Waals surface area contributed by atoms with Crippen LogP contribution in [0, 0.1) is 5.92 Å².